The highest BCUT2D eigenvalue weighted by Crippen LogP contribution is 2.27. The molecule has 0 unspecified atom stereocenters. The number of nitro benzene ring substituents is 1. The van der Waals surface area contributed by atoms with E-state index in [0.29, 0.717) is 11.3 Å². The van der Waals surface area contributed by atoms with E-state index in [9.17, 15) is 34.4 Å². The lowest BCUT2D eigenvalue weighted by atomic mass is 9.88. The molecule has 0 saturated carbocycles. The van der Waals surface area contributed by atoms with Gasteiger partial charge < -0.3 is 20.5 Å². The van der Waals surface area contributed by atoms with Crippen LogP contribution in [0.25, 0.3) is 0 Å². The third-order valence-corrected chi connectivity index (χ3v) is 4.65. The van der Waals surface area contributed by atoms with Crippen molar-refractivity contribution in [3.8, 4) is 0 Å². The molecule has 0 saturated heterocycles. The van der Waals surface area contributed by atoms with E-state index in [-0.39, 0.29) is 30.2 Å². The zero-order valence-corrected chi connectivity index (χ0v) is 17.9. The minimum Gasteiger partial charge on any atom is -0.480 e. The van der Waals surface area contributed by atoms with Crippen molar-refractivity contribution in [2.75, 3.05) is 11.9 Å². The number of carboxylic acid groups (broad SMARTS) is 1. The first kappa shape index (κ1) is 25.0. The molecule has 2 amide bonds. The van der Waals surface area contributed by atoms with Crippen LogP contribution in [-0.2, 0) is 19.1 Å². The summed E-state index contributed by atoms with van der Waals surface area (Å²) in [6.45, 7) is 3.01. The van der Waals surface area contributed by atoms with Gasteiger partial charge in [-0.1, -0.05) is 12.1 Å². The van der Waals surface area contributed by atoms with Crippen LogP contribution in [0.3, 0.4) is 0 Å². The molecule has 2 aromatic carbocycles. The molecule has 0 heterocycles. The van der Waals surface area contributed by atoms with Gasteiger partial charge in [-0.2, -0.15) is 0 Å². The molecule has 2 aromatic rings. The van der Waals surface area contributed by atoms with Crippen LogP contribution < -0.4 is 10.6 Å². The topological polar surface area (TPSA) is 165 Å². The van der Waals surface area contributed by atoms with Gasteiger partial charge in [-0.15, -0.1) is 0 Å². The third-order valence-electron chi connectivity index (χ3n) is 4.65. The maximum Gasteiger partial charge on any atom is 0.326 e. The molecule has 0 aliphatic heterocycles. The highest BCUT2D eigenvalue weighted by Gasteiger charge is 2.33. The van der Waals surface area contributed by atoms with Crippen molar-refractivity contribution in [2.24, 2.45) is 0 Å². The first-order chi connectivity index (χ1) is 15.6. The van der Waals surface area contributed by atoms with Crippen LogP contribution in [0.5, 0.6) is 0 Å². The predicted molar refractivity (Wildman–Crippen MR) is 117 cm³/mol. The van der Waals surface area contributed by atoms with Crippen molar-refractivity contribution in [3.63, 3.8) is 0 Å². The molecule has 2 rings (SSSR count). The van der Waals surface area contributed by atoms with E-state index in [1.165, 1.54) is 55.5 Å². The second-order valence-corrected chi connectivity index (χ2v) is 7.01. The average Bonchev–Trinajstić information content (AvgIpc) is 2.76. The Balaban J connectivity index is 2.32. The van der Waals surface area contributed by atoms with Crippen molar-refractivity contribution in [2.45, 2.75) is 32.2 Å². The number of carbonyl (C=O) groups excluding carboxylic acids is 3. The standard InChI is InChI=1S/C22H23N3O8/c1-3-33-19(27)12-18(14-6-10-17(11-7-14)25(31)32)20(22(29)30)24-21(28)15-4-8-16(9-5-15)23-13(2)26/h4-11,18,20H,3,12H2,1-2H3,(H,23,26)(H,24,28)(H,29,30)/t18-,20+/m0/s1. The summed E-state index contributed by atoms with van der Waals surface area (Å²) in [6.07, 6.45) is -0.371. The van der Waals surface area contributed by atoms with Crippen molar-refractivity contribution in [3.05, 3.63) is 69.8 Å². The molecule has 0 bridgehead atoms. The van der Waals surface area contributed by atoms with Crippen LogP contribution in [0.2, 0.25) is 0 Å². The van der Waals surface area contributed by atoms with Crippen LogP contribution in [0.15, 0.2) is 48.5 Å². The summed E-state index contributed by atoms with van der Waals surface area (Å²) in [5.74, 6) is -4.13. The lowest BCUT2D eigenvalue weighted by Crippen LogP contribution is -2.45. The summed E-state index contributed by atoms with van der Waals surface area (Å²) in [7, 11) is 0. The molecular weight excluding hydrogens is 434 g/mol. The zero-order valence-electron chi connectivity index (χ0n) is 17.9. The fraction of sp³-hybridized carbons (Fsp3) is 0.273. The number of hydrogen-bond acceptors (Lipinski definition) is 7. The Labute approximate surface area is 188 Å². The number of rotatable bonds is 10. The monoisotopic (exact) mass is 457 g/mol. The Morgan fingerprint density at radius 2 is 1.67 bits per heavy atom. The largest absolute Gasteiger partial charge is 0.480 e. The number of carbonyl (C=O) groups is 4. The van der Waals surface area contributed by atoms with Crippen molar-refractivity contribution in [1.82, 2.24) is 5.32 Å². The average molecular weight is 457 g/mol. The molecule has 3 N–H and O–H groups in total. The number of anilines is 1. The van der Waals surface area contributed by atoms with Gasteiger partial charge in [0.25, 0.3) is 11.6 Å². The van der Waals surface area contributed by atoms with Crippen LogP contribution >= 0.6 is 0 Å². The Morgan fingerprint density at radius 1 is 1.06 bits per heavy atom. The lowest BCUT2D eigenvalue weighted by molar-refractivity contribution is -0.384. The van der Waals surface area contributed by atoms with Crippen molar-refractivity contribution >= 4 is 35.1 Å². The van der Waals surface area contributed by atoms with Gasteiger partial charge in [-0.05, 0) is 36.8 Å². The predicted octanol–water partition coefficient (Wildman–Crippen LogP) is 2.47. The molecule has 0 fully saturated rings. The molecule has 174 valence electrons. The maximum atomic E-state index is 12.7. The number of benzene rings is 2. The van der Waals surface area contributed by atoms with Gasteiger partial charge in [0.05, 0.1) is 18.0 Å². The minimum atomic E-state index is -1.53. The molecule has 0 aromatic heterocycles. The number of ether oxygens (including phenoxy) is 1. The summed E-state index contributed by atoms with van der Waals surface area (Å²) < 4.78 is 4.93. The van der Waals surface area contributed by atoms with Gasteiger partial charge >= 0.3 is 11.9 Å². The van der Waals surface area contributed by atoms with Crippen LogP contribution in [-0.4, -0.2) is 46.4 Å². The number of amides is 2. The first-order valence-corrected chi connectivity index (χ1v) is 9.93. The number of aliphatic carboxylic acids is 1. The van der Waals surface area contributed by atoms with E-state index in [2.05, 4.69) is 10.6 Å². The van der Waals surface area contributed by atoms with E-state index >= 15 is 0 Å². The fourth-order valence-electron chi connectivity index (χ4n) is 3.14. The quantitative estimate of drug-likeness (QED) is 0.278. The molecule has 0 aliphatic carbocycles. The minimum absolute atomic E-state index is 0.0799. The maximum absolute atomic E-state index is 12.7. The summed E-state index contributed by atoms with van der Waals surface area (Å²) >= 11 is 0. The molecule has 2 atom stereocenters. The SMILES string of the molecule is CCOC(=O)C[C@@H](c1ccc([N+](=O)[O-])cc1)[C@@H](NC(=O)c1ccc(NC(C)=O)cc1)C(=O)O. The number of esters is 1. The van der Waals surface area contributed by atoms with Crippen LogP contribution in [0.4, 0.5) is 11.4 Å². The number of nitrogens with zero attached hydrogens (tertiary/aromatic N) is 1. The lowest BCUT2D eigenvalue weighted by Gasteiger charge is -2.25. The molecule has 11 heteroatoms. The van der Waals surface area contributed by atoms with Gasteiger partial charge in [0, 0.05) is 36.2 Å². The zero-order chi connectivity index (χ0) is 24.5. The van der Waals surface area contributed by atoms with Gasteiger partial charge in [0.15, 0.2) is 0 Å². The molecule has 33 heavy (non-hydrogen) atoms. The van der Waals surface area contributed by atoms with E-state index in [1.807, 2.05) is 0 Å². The van der Waals surface area contributed by atoms with E-state index in [4.69, 9.17) is 4.74 Å². The molecule has 0 spiro atoms. The fourth-order valence-corrected chi connectivity index (χ4v) is 3.14. The summed E-state index contributed by atoms with van der Waals surface area (Å²) in [4.78, 5) is 58.4. The van der Waals surface area contributed by atoms with Crippen molar-refractivity contribution < 1.29 is 33.9 Å². The smallest absolute Gasteiger partial charge is 0.326 e. The number of hydrogen-bond donors (Lipinski definition) is 3. The van der Waals surface area contributed by atoms with Gasteiger partial charge in [-0.3, -0.25) is 24.5 Å². The summed E-state index contributed by atoms with van der Waals surface area (Å²) in [5.41, 5.74) is 0.694. The Kier molecular flexibility index (Phi) is 8.61. The van der Waals surface area contributed by atoms with E-state index < -0.39 is 34.7 Å². The molecule has 11 nitrogen and oxygen atoms in total. The number of nitro groups is 1. The molecule has 0 aliphatic rings. The Hall–Kier alpha value is -4.28. The second-order valence-electron chi connectivity index (χ2n) is 7.01. The number of non-ortho nitro benzene ring substituents is 1. The highest BCUT2D eigenvalue weighted by molar-refractivity contribution is 5.97. The van der Waals surface area contributed by atoms with E-state index in [1.54, 1.807) is 6.92 Å². The number of carboxylic acids is 1. The second kappa shape index (κ2) is 11.4. The molecular formula is C22H23N3O8. The van der Waals surface area contributed by atoms with Crippen LogP contribution in [0.1, 0.15) is 42.1 Å². The summed E-state index contributed by atoms with van der Waals surface area (Å²) in [5, 5.41) is 25.7. The van der Waals surface area contributed by atoms with Gasteiger partial charge in [0.2, 0.25) is 5.91 Å². The van der Waals surface area contributed by atoms with Gasteiger partial charge in [0.1, 0.15) is 6.04 Å². The Morgan fingerprint density at radius 3 is 2.15 bits per heavy atom. The third kappa shape index (κ3) is 7.13. The summed E-state index contributed by atoms with van der Waals surface area (Å²) in [6, 6.07) is 9.32. The first-order valence-electron chi connectivity index (χ1n) is 9.93. The normalized spacial score (nSPS) is 12.2. The van der Waals surface area contributed by atoms with E-state index in [0.717, 1.165) is 0 Å². The highest BCUT2D eigenvalue weighted by atomic mass is 16.6. The van der Waals surface area contributed by atoms with Crippen molar-refractivity contribution in [1.29, 1.82) is 0 Å². The number of nitrogens with one attached hydrogen (secondary N) is 2. The molecule has 0 radical (unpaired) electrons. The van der Waals surface area contributed by atoms with Gasteiger partial charge in [-0.25, -0.2) is 4.79 Å². The Bertz CT molecular complexity index is 1030. The van der Waals surface area contributed by atoms with Crippen LogP contribution in [0, 0.1) is 10.1 Å².